The topological polar surface area (TPSA) is 101 Å². The molecule has 1 amide bonds. The molecule has 0 unspecified atom stereocenters. The number of alkyl halides is 3. The number of halogens is 4. The van der Waals surface area contributed by atoms with E-state index in [2.05, 4.69) is 15.3 Å². The predicted molar refractivity (Wildman–Crippen MR) is 128 cm³/mol. The predicted octanol–water partition coefficient (Wildman–Crippen LogP) is 5.05. The summed E-state index contributed by atoms with van der Waals surface area (Å²) >= 11 is 0. The summed E-state index contributed by atoms with van der Waals surface area (Å²) in [6, 6.07) is 19.8. The number of methoxy groups -OCH3 is 1. The Bertz CT molecular complexity index is 1380. The molecule has 0 aliphatic carbocycles. The summed E-state index contributed by atoms with van der Waals surface area (Å²) in [5.74, 6) is -2.70. The number of ether oxygens (including phenoxy) is 1. The molecule has 4 rings (SSSR count). The lowest BCUT2D eigenvalue weighted by atomic mass is 10.0. The average molecular weight is 515 g/mol. The number of hydrogen-bond donors (Lipinski definition) is 2. The van der Waals surface area contributed by atoms with Crippen molar-refractivity contribution in [1.82, 2.24) is 15.3 Å². The van der Waals surface area contributed by atoms with Crippen LogP contribution in [-0.4, -0.2) is 46.8 Å². The molecule has 0 aliphatic rings. The quantitative estimate of drug-likeness (QED) is 0.275. The van der Waals surface area contributed by atoms with Gasteiger partial charge in [-0.2, -0.15) is 17.6 Å². The van der Waals surface area contributed by atoms with Gasteiger partial charge >= 0.3 is 12.1 Å². The minimum absolute atomic E-state index is 0.182. The lowest BCUT2D eigenvalue weighted by Gasteiger charge is -2.11. The Hall–Kier alpha value is -4.54. The number of carbonyl (C=O) groups is 2. The van der Waals surface area contributed by atoms with Crippen LogP contribution in [-0.2, 0) is 11.2 Å². The van der Waals surface area contributed by atoms with Crippen LogP contribution in [0.25, 0.3) is 22.2 Å². The van der Waals surface area contributed by atoms with Crippen LogP contribution in [0.4, 0.5) is 17.6 Å². The minimum Gasteiger partial charge on any atom is -0.497 e. The van der Waals surface area contributed by atoms with Gasteiger partial charge in [-0.25, -0.2) is 14.8 Å². The summed E-state index contributed by atoms with van der Waals surface area (Å²) in [7, 11) is 1.63. The van der Waals surface area contributed by atoms with Gasteiger partial charge in [-0.3, -0.25) is 4.79 Å². The first-order valence-corrected chi connectivity index (χ1v) is 10.8. The highest BCUT2D eigenvalue weighted by molar-refractivity contribution is 6.07. The number of aromatic nitrogens is 2. The molecule has 4 aromatic rings. The standard InChI is InChI=1S/C24H20FN3O2.C2HF3O2/c1-30-18-9-6-16(7-10-18)12-13-26-24(29)20-14-22(17-8-11-23(25)27-15-17)28-21-5-3-2-4-19(20)21;3-2(4,5)1(6)7/h2-11,14-15H,12-13H2,1H3,(H,26,29);(H,6,7). The number of fused-ring (bicyclic) bond motifs is 1. The molecule has 0 saturated carbocycles. The highest BCUT2D eigenvalue weighted by Crippen LogP contribution is 2.24. The Morgan fingerprint density at radius 2 is 1.70 bits per heavy atom. The van der Waals surface area contributed by atoms with Crippen LogP contribution >= 0.6 is 0 Å². The third-order valence-electron chi connectivity index (χ3n) is 5.08. The van der Waals surface area contributed by atoms with Gasteiger partial charge < -0.3 is 15.2 Å². The lowest BCUT2D eigenvalue weighted by Crippen LogP contribution is -2.26. The number of nitrogens with one attached hydrogen (secondary N) is 1. The van der Waals surface area contributed by atoms with Gasteiger partial charge in [0.2, 0.25) is 5.95 Å². The number of amides is 1. The van der Waals surface area contributed by atoms with Gasteiger partial charge in [0.1, 0.15) is 5.75 Å². The number of para-hydroxylation sites is 1. The molecule has 2 aromatic carbocycles. The molecule has 11 heteroatoms. The first kappa shape index (κ1) is 27.1. The minimum atomic E-state index is -5.08. The maximum Gasteiger partial charge on any atom is 0.490 e. The van der Waals surface area contributed by atoms with Crippen LogP contribution in [0.2, 0.25) is 0 Å². The molecule has 0 saturated heterocycles. The summed E-state index contributed by atoms with van der Waals surface area (Å²) < 4.78 is 50.1. The molecule has 0 fully saturated rings. The summed E-state index contributed by atoms with van der Waals surface area (Å²) in [5, 5.41) is 10.9. The zero-order valence-corrected chi connectivity index (χ0v) is 19.4. The third-order valence-corrected chi connectivity index (χ3v) is 5.08. The van der Waals surface area contributed by atoms with Crippen molar-refractivity contribution in [1.29, 1.82) is 0 Å². The van der Waals surface area contributed by atoms with Crippen molar-refractivity contribution < 1.29 is 37.0 Å². The maximum absolute atomic E-state index is 13.2. The molecule has 0 spiro atoms. The van der Waals surface area contributed by atoms with Crippen LogP contribution in [0.15, 0.2) is 72.9 Å². The Morgan fingerprint density at radius 3 is 2.30 bits per heavy atom. The van der Waals surface area contributed by atoms with Crippen LogP contribution < -0.4 is 10.1 Å². The average Bonchev–Trinajstić information content (AvgIpc) is 2.88. The zero-order valence-electron chi connectivity index (χ0n) is 19.4. The number of carboxylic acids is 1. The largest absolute Gasteiger partial charge is 0.497 e. The Labute approximate surface area is 208 Å². The number of pyridine rings is 2. The molecule has 2 heterocycles. The van der Waals surface area contributed by atoms with Gasteiger partial charge in [-0.1, -0.05) is 30.3 Å². The summed E-state index contributed by atoms with van der Waals surface area (Å²) in [4.78, 5) is 30.1. The normalized spacial score (nSPS) is 10.8. The van der Waals surface area contributed by atoms with Gasteiger partial charge in [0.05, 0.1) is 23.9 Å². The second-order valence-electron chi connectivity index (χ2n) is 7.60. The van der Waals surface area contributed by atoms with E-state index < -0.39 is 18.1 Å². The van der Waals surface area contributed by atoms with E-state index in [9.17, 15) is 22.4 Å². The monoisotopic (exact) mass is 515 g/mol. The first-order valence-electron chi connectivity index (χ1n) is 10.8. The lowest BCUT2D eigenvalue weighted by molar-refractivity contribution is -0.192. The number of rotatable bonds is 6. The number of nitrogens with zero attached hydrogens (tertiary/aromatic N) is 2. The van der Waals surface area contributed by atoms with Gasteiger partial charge in [0.15, 0.2) is 0 Å². The molecular weight excluding hydrogens is 494 g/mol. The molecule has 7 nitrogen and oxygen atoms in total. The molecule has 192 valence electrons. The summed E-state index contributed by atoms with van der Waals surface area (Å²) in [6.45, 7) is 0.495. The fourth-order valence-corrected chi connectivity index (χ4v) is 3.25. The smallest absolute Gasteiger partial charge is 0.490 e. The molecule has 0 atom stereocenters. The highest BCUT2D eigenvalue weighted by atomic mass is 19.4. The third kappa shape index (κ3) is 7.47. The number of aliphatic carboxylic acids is 1. The van der Waals surface area contributed by atoms with E-state index in [0.29, 0.717) is 35.3 Å². The SMILES string of the molecule is COc1ccc(CCNC(=O)c2cc(-c3ccc(F)nc3)nc3ccccc23)cc1.O=C(O)C(F)(F)F. The van der Waals surface area contributed by atoms with Crippen molar-refractivity contribution in [2.45, 2.75) is 12.6 Å². The van der Waals surface area contributed by atoms with Crippen molar-refractivity contribution in [2.75, 3.05) is 13.7 Å². The van der Waals surface area contributed by atoms with Crippen LogP contribution in [0.5, 0.6) is 5.75 Å². The Balaban J connectivity index is 0.000000479. The molecule has 2 N–H and O–H groups in total. The van der Waals surface area contributed by atoms with E-state index in [0.717, 1.165) is 16.7 Å². The number of benzene rings is 2. The fourth-order valence-electron chi connectivity index (χ4n) is 3.25. The number of carbonyl (C=O) groups excluding carboxylic acids is 1. The molecular formula is C26H21F4N3O4. The molecule has 2 aromatic heterocycles. The van der Waals surface area contributed by atoms with Crippen molar-refractivity contribution in [2.24, 2.45) is 0 Å². The van der Waals surface area contributed by atoms with Gasteiger partial charge in [-0.05, 0) is 48.4 Å². The van der Waals surface area contributed by atoms with Crippen molar-refractivity contribution in [3.8, 4) is 17.0 Å². The molecule has 0 radical (unpaired) electrons. The zero-order chi connectivity index (χ0) is 27.0. The van der Waals surface area contributed by atoms with E-state index in [1.54, 1.807) is 19.2 Å². The van der Waals surface area contributed by atoms with E-state index in [4.69, 9.17) is 14.6 Å². The number of hydrogen-bond acceptors (Lipinski definition) is 5. The molecule has 37 heavy (non-hydrogen) atoms. The van der Waals surface area contributed by atoms with Crippen molar-refractivity contribution in [3.05, 3.63) is 90.0 Å². The van der Waals surface area contributed by atoms with Gasteiger partial charge in [0, 0.05) is 23.7 Å². The van der Waals surface area contributed by atoms with Crippen LogP contribution in [0, 0.1) is 5.95 Å². The summed E-state index contributed by atoms with van der Waals surface area (Å²) in [5.41, 5.74) is 3.54. The Morgan fingerprint density at radius 1 is 1.03 bits per heavy atom. The van der Waals surface area contributed by atoms with E-state index >= 15 is 0 Å². The highest BCUT2D eigenvalue weighted by Gasteiger charge is 2.38. The molecule has 0 aliphatic heterocycles. The van der Waals surface area contributed by atoms with Gasteiger partial charge in [0.25, 0.3) is 5.91 Å². The first-order chi connectivity index (χ1) is 17.6. The second kappa shape index (κ2) is 11.9. The molecule has 0 bridgehead atoms. The van der Waals surface area contributed by atoms with Crippen molar-refractivity contribution in [3.63, 3.8) is 0 Å². The van der Waals surface area contributed by atoms with Crippen molar-refractivity contribution >= 4 is 22.8 Å². The van der Waals surface area contributed by atoms with E-state index in [1.165, 1.54) is 12.3 Å². The van der Waals surface area contributed by atoms with Crippen LogP contribution in [0.1, 0.15) is 15.9 Å². The van der Waals surface area contributed by atoms with Gasteiger partial charge in [-0.15, -0.1) is 0 Å². The summed E-state index contributed by atoms with van der Waals surface area (Å²) in [6.07, 6.45) is -2.97. The van der Waals surface area contributed by atoms with E-state index in [-0.39, 0.29) is 5.91 Å². The van der Waals surface area contributed by atoms with Crippen LogP contribution in [0.3, 0.4) is 0 Å². The number of carboxylic acid groups (broad SMARTS) is 1. The fraction of sp³-hybridized carbons (Fsp3) is 0.154. The Kier molecular flexibility index (Phi) is 8.72. The van der Waals surface area contributed by atoms with E-state index in [1.807, 2.05) is 48.5 Å². The maximum atomic E-state index is 13.2. The second-order valence-corrected chi connectivity index (χ2v) is 7.60.